The molecule has 2 aromatic carbocycles. The van der Waals surface area contributed by atoms with E-state index < -0.39 is 11.6 Å². The zero-order valence-electron chi connectivity index (χ0n) is 17.9. The van der Waals surface area contributed by atoms with Crippen molar-refractivity contribution in [2.75, 3.05) is 11.4 Å². The molecule has 6 nitrogen and oxygen atoms in total. The van der Waals surface area contributed by atoms with Gasteiger partial charge in [-0.25, -0.2) is 4.79 Å². The Labute approximate surface area is 183 Å². The number of cyclic esters (lactones) is 1. The lowest BCUT2D eigenvalue weighted by molar-refractivity contribution is -0.166. The Bertz CT molecular complexity index is 977. The van der Waals surface area contributed by atoms with Crippen molar-refractivity contribution in [1.29, 1.82) is 5.26 Å². The van der Waals surface area contributed by atoms with Crippen LogP contribution in [0.15, 0.2) is 66.1 Å². The summed E-state index contributed by atoms with van der Waals surface area (Å²) >= 11 is 0. The van der Waals surface area contributed by atoms with Gasteiger partial charge in [-0.05, 0) is 48.6 Å². The highest BCUT2D eigenvalue weighted by atomic mass is 16.6. The van der Waals surface area contributed by atoms with Crippen LogP contribution in [0.3, 0.4) is 0 Å². The SMILES string of the molecule is CC(C)[C@]1(CCc2ccc(O)cc2)CC(O)=C(N(CCC#N)c2ccccc2)C(=O)O1. The molecule has 0 aliphatic carbocycles. The fraction of sp³-hybridized carbons (Fsp3) is 0.360. The van der Waals surface area contributed by atoms with Crippen LogP contribution in [0.1, 0.15) is 38.7 Å². The third kappa shape index (κ3) is 5.00. The lowest BCUT2D eigenvalue weighted by Gasteiger charge is -2.42. The Morgan fingerprint density at radius 3 is 2.39 bits per heavy atom. The molecule has 0 spiro atoms. The zero-order valence-corrected chi connectivity index (χ0v) is 17.9. The van der Waals surface area contributed by atoms with Crippen molar-refractivity contribution in [2.45, 2.75) is 45.1 Å². The van der Waals surface area contributed by atoms with E-state index in [-0.39, 0.29) is 42.5 Å². The summed E-state index contributed by atoms with van der Waals surface area (Å²) in [5, 5.41) is 29.6. The van der Waals surface area contributed by atoms with Gasteiger partial charge in [0, 0.05) is 18.7 Å². The second kappa shape index (κ2) is 9.57. The molecule has 0 unspecified atom stereocenters. The normalized spacial score (nSPS) is 18.6. The third-order valence-corrected chi connectivity index (χ3v) is 5.84. The average Bonchev–Trinajstić information content (AvgIpc) is 2.75. The lowest BCUT2D eigenvalue weighted by Crippen LogP contribution is -2.48. The van der Waals surface area contributed by atoms with Crippen LogP contribution < -0.4 is 4.90 Å². The van der Waals surface area contributed by atoms with Crippen molar-refractivity contribution >= 4 is 11.7 Å². The number of ether oxygens (including phenoxy) is 1. The van der Waals surface area contributed by atoms with Crippen molar-refractivity contribution in [3.8, 4) is 11.8 Å². The Morgan fingerprint density at radius 1 is 1.13 bits per heavy atom. The van der Waals surface area contributed by atoms with Gasteiger partial charge in [0.05, 0.1) is 12.5 Å². The molecule has 0 saturated carbocycles. The first-order valence-electron chi connectivity index (χ1n) is 10.5. The molecule has 1 aliphatic heterocycles. The molecule has 162 valence electrons. The van der Waals surface area contributed by atoms with Crippen LogP contribution in [-0.4, -0.2) is 28.3 Å². The summed E-state index contributed by atoms with van der Waals surface area (Å²) in [6, 6.07) is 18.3. The summed E-state index contributed by atoms with van der Waals surface area (Å²) in [7, 11) is 0. The number of benzene rings is 2. The number of aromatic hydroxyl groups is 1. The van der Waals surface area contributed by atoms with Gasteiger partial charge in [-0.1, -0.05) is 44.2 Å². The van der Waals surface area contributed by atoms with Crippen LogP contribution in [0.4, 0.5) is 5.69 Å². The summed E-state index contributed by atoms with van der Waals surface area (Å²) in [4.78, 5) is 14.8. The minimum atomic E-state index is -0.833. The topological polar surface area (TPSA) is 93.8 Å². The van der Waals surface area contributed by atoms with E-state index in [1.165, 1.54) is 0 Å². The highest BCUT2D eigenvalue weighted by molar-refractivity contribution is 5.94. The lowest BCUT2D eigenvalue weighted by atomic mass is 9.79. The van der Waals surface area contributed by atoms with Gasteiger partial charge in [0.15, 0.2) is 5.70 Å². The average molecular weight is 421 g/mol. The highest BCUT2D eigenvalue weighted by Crippen LogP contribution is 2.40. The third-order valence-electron chi connectivity index (χ3n) is 5.84. The summed E-state index contributed by atoms with van der Waals surface area (Å²) < 4.78 is 6.02. The van der Waals surface area contributed by atoms with Crippen LogP contribution in [0, 0.1) is 17.2 Å². The van der Waals surface area contributed by atoms with Gasteiger partial charge in [-0.2, -0.15) is 5.26 Å². The molecule has 2 aromatic rings. The van der Waals surface area contributed by atoms with Gasteiger partial charge >= 0.3 is 5.97 Å². The monoisotopic (exact) mass is 420 g/mol. The maximum atomic E-state index is 13.2. The molecular formula is C25H28N2O4. The molecule has 31 heavy (non-hydrogen) atoms. The standard InChI is InChI=1S/C25H28N2O4/c1-18(2)25(14-13-19-9-11-21(28)12-10-19)17-22(29)23(24(30)31-25)27(16-6-15-26)20-7-4-3-5-8-20/h3-5,7-12,18,28-29H,6,13-14,16-17H2,1-2H3/t25-/m0/s1. The summed E-state index contributed by atoms with van der Waals surface area (Å²) in [6.07, 6.45) is 1.60. The van der Waals surface area contributed by atoms with E-state index in [0.717, 1.165) is 11.3 Å². The molecule has 2 N–H and O–H groups in total. The van der Waals surface area contributed by atoms with E-state index >= 15 is 0 Å². The number of hydrogen-bond donors (Lipinski definition) is 2. The minimum absolute atomic E-state index is 0.0125. The van der Waals surface area contributed by atoms with Crippen molar-refractivity contribution in [3.63, 3.8) is 0 Å². The molecular weight excluding hydrogens is 392 g/mol. The number of phenols is 1. The van der Waals surface area contributed by atoms with Gasteiger partial charge in [0.25, 0.3) is 0 Å². The number of phenolic OH excluding ortho intramolecular Hbond substituents is 1. The van der Waals surface area contributed by atoms with E-state index in [1.807, 2.05) is 56.3 Å². The number of carbonyl (C=O) groups is 1. The fourth-order valence-corrected chi connectivity index (χ4v) is 3.93. The molecule has 1 atom stereocenters. The first-order chi connectivity index (χ1) is 14.9. The number of para-hydroxylation sites is 1. The summed E-state index contributed by atoms with van der Waals surface area (Å²) in [6.45, 7) is 4.23. The first kappa shape index (κ1) is 22.2. The minimum Gasteiger partial charge on any atom is -0.510 e. The van der Waals surface area contributed by atoms with Crippen LogP contribution in [0.5, 0.6) is 5.75 Å². The van der Waals surface area contributed by atoms with E-state index in [2.05, 4.69) is 6.07 Å². The van der Waals surface area contributed by atoms with Crippen molar-refractivity contribution in [3.05, 3.63) is 71.6 Å². The highest BCUT2D eigenvalue weighted by Gasteiger charge is 2.45. The van der Waals surface area contributed by atoms with E-state index in [0.29, 0.717) is 12.8 Å². The Hall–Kier alpha value is -3.46. The number of aryl methyl sites for hydroxylation is 1. The molecule has 1 aliphatic rings. The van der Waals surface area contributed by atoms with Crippen molar-refractivity contribution in [2.24, 2.45) is 5.92 Å². The molecule has 0 amide bonds. The largest absolute Gasteiger partial charge is 0.510 e. The van der Waals surface area contributed by atoms with Crippen LogP contribution in [-0.2, 0) is 16.0 Å². The molecule has 0 fully saturated rings. The smallest absolute Gasteiger partial charge is 0.359 e. The molecule has 3 rings (SSSR count). The molecule has 6 heteroatoms. The number of rotatable bonds is 8. The van der Waals surface area contributed by atoms with Gasteiger partial charge in [-0.3, -0.25) is 0 Å². The molecule has 0 radical (unpaired) electrons. The van der Waals surface area contributed by atoms with Gasteiger partial charge in [0.2, 0.25) is 0 Å². The van der Waals surface area contributed by atoms with Gasteiger partial charge in [-0.15, -0.1) is 0 Å². The van der Waals surface area contributed by atoms with E-state index in [1.54, 1.807) is 17.0 Å². The predicted molar refractivity (Wildman–Crippen MR) is 118 cm³/mol. The second-order valence-electron chi connectivity index (χ2n) is 8.14. The Kier molecular flexibility index (Phi) is 6.86. The number of nitrogens with zero attached hydrogens (tertiary/aromatic N) is 2. The maximum Gasteiger partial charge on any atom is 0.359 e. The second-order valence-corrected chi connectivity index (χ2v) is 8.14. The number of anilines is 1. The number of aliphatic hydroxyl groups excluding tert-OH is 1. The van der Waals surface area contributed by atoms with Crippen LogP contribution in [0.2, 0.25) is 0 Å². The molecule has 0 bridgehead atoms. The van der Waals surface area contributed by atoms with E-state index in [4.69, 9.17) is 10.00 Å². The van der Waals surface area contributed by atoms with Gasteiger partial charge < -0.3 is 19.8 Å². The number of nitriles is 1. The summed E-state index contributed by atoms with van der Waals surface area (Å²) in [5.74, 6) is -0.404. The zero-order chi connectivity index (χ0) is 22.4. The number of carbonyl (C=O) groups excluding carboxylic acids is 1. The predicted octanol–water partition coefficient (Wildman–Crippen LogP) is 4.86. The molecule has 0 aromatic heterocycles. The van der Waals surface area contributed by atoms with E-state index in [9.17, 15) is 15.0 Å². The van der Waals surface area contributed by atoms with Crippen LogP contribution >= 0.6 is 0 Å². The fourth-order valence-electron chi connectivity index (χ4n) is 3.93. The number of aliphatic hydroxyl groups is 1. The molecule has 0 saturated heterocycles. The Balaban J connectivity index is 1.89. The van der Waals surface area contributed by atoms with Crippen molar-refractivity contribution < 1.29 is 19.7 Å². The molecule has 1 heterocycles. The summed E-state index contributed by atoms with van der Waals surface area (Å²) in [5.41, 5.74) is 1.00. The van der Waals surface area contributed by atoms with Crippen LogP contribution in [0.25, 0.3) is 0 Å². The van der Waals surface area contributed by atoms with Gasteiger partial charge in [0.1, 0.15) is 17.1 Å². The first-order valence-corrected chi connectivity index (χ1v) is 10.5. The van der Waals surface area contributed by atoms with Crippen molar-refractivity contribution in [1.82, 2.24) is 0 Å². The number of esters is 1. The quantitative estimate of drug-likeness (QED) is 0.593. The maximum absolute atomic E-state index is 13.2. The number of hydrogen-bond acceptors (Lipinski definition) is 6. The Morgan fingerprint density at radius 2 is 1.81 bits per heavy atom.